The summed E-state index contributed by atoms with van der Waals surface area (Å²) in [6.45, 7) is 2.27. The van der Waals surface area contributed by atoms with Crippen LogP contribution in [0.5, 0.6) is 5.75 Å². The summed E-state index contributed by atoms with van der Waals surface area (Å²) in [6, 6.07) is 1.62. The normalized spacial score (nSPS) is 25.4. The molecule has 0 spiro atoms. The van der Waals surface area contributed by atoms with Gasteiger partial charge in [-0.2, -0.15) is 0 Å². The summed E-state index contributed by atoms with van der Waals surface area (Å²) >= 11 is 11.6. The topological polar surface area (TPSA) is 35.0 Å². The molecule has 5 heteroatoms. The van der Waals surface area contributed by atoms with Crippen LogP contribution in [0.2, 0.25) is 10.3 Å². The van der Waals surface area contributed by atoms with E-state index in [1.165, 1.54) is 12.8 Å². The lowest BCUT2D eigenvalue weighted by Crippen LogP contribution is -2.23. The minimum atomic E-state index is 0.231. The molecule has 2 rings (SSSR count). The quantitative estimate of drug-likeness (QED) is 0.813. The van der Waals surface area contributed by atoms with Gasteiger partial charge in [0.2, 0.25) is 0 Å². The number of halogens is 2. The molecule has 0 aliphatic heterocycles. The van der Waals surface area contributed by atoms with Crippen LogP contribution >= 0.6 is 23.2 Å². The van der Waals surface area contributed by atoms with Crippen LogP contribution in [-0.2, 0) is 0 Å². The van der Waals surface area contributed by atoms with Crippen LogP contribution < -0.4 is 4.74 Å². The smallest absolute Gasteiger partial charge is 0.193 e. The predicted octanol–water partition coefficient (Wildman–Crippen LogP) is 3.74. The van der Waals surface area contributed by atoms with Crippen molar-refractivity contribution in [3.63, 3.8) is 0 Å². The van der Waals surface area contributed by atoms with E-state index in [0.29, 0.717) is 10.9 Å². The molecule has 1 aliphatic carbocycles. The van der Waals surface area contributed by atoms with Gasteiger partial charge in [0.25, 0.3) is 0 Å². The van der Waals surface area contributed by atoms with Crippen molar-refractivity contribution in [2.24, 2.45) is 5.92 Å². The molecule has 88 valence electrons. The minimum absolute atomic E-state index is 0.231. The van der Waals surface area contributed by atoms with Crippen molar-refractivity contribution in [1.82, 2.24) is 10.2 Å². The number of hydrogen-bond acceptors (Lipinski definition) is 3. The first-order chi connectivity index (χ1) is 7.65. The zero-order chi connectivity index (χ0) is 11.5. The van der Waals surface area contributed by atoms with Gasteiger partial charge in [-0.1, -0.05) is 30.1 Å². The largest absolute Gasteiger partial charge is 0.487 e. The van der Waals surface area contributed by atoms with Crippen molar-refractivity contribution in [3.05, 3.63) is 16.4 Å². The SMILES string of the molecule is CC1CCC(Oc2cc(Cl)nnc2Cl)CC1. The molecule has 16 heavy (non-hydrogen) atoms. The molecule has 0 amide bonds. The van der Waals surface area contributed by atoms with Crippen molar-refractivity contribution >= 4 is 23.2 Å². The Morgan fingerprint density at radius 1 is 1.19 bits per heavy atom. The van der Waals surface area contributed by atoms with Crippen LogP contribution in [0.3, 0.4) is 0 Å². The van der Waals surface area contributed by atoms with Crippen molar-refractivity contribution in [2.75, 3.05) is 0 Å². The van der Waals surface area contributed by atoms with Gasteiger partial charge >= 0.3 is 0 Å². The van der Waals surface area contributed by atoms with Gasteiger partial charge in [0.1, 0.15) is 0 Å². The van der Waals surface area contributed by atoms with E-state index >= 15 is 0 Å². The highest BCUT2D eigenvalue weighted by Gasteiger charge is 2.20. The van der Waals surface area contributed by atoms with Gasteiger partial charge in [-0.05, 0) is 31.6 Å². The molecule has 0 atom stereocenters. The molecule has 3 nitrogen and oxygen atoms in total. The Balaban J connectivity index is 2.00. The van der Waals surface area contributed by atoms with E-state index in [9.17, 15) is 0 Å². The predicted molar refractivity (Wildman–Crippen MR) is 64.1 cm³/mol. The summed E-state index contributed by atoms with van der Waals surface area (Å²) < 4.78 is 5.80. The van der Waals surface area contributed by atoms with Gasteiger partial charge < -0.3 is 4.74 Å². The first-order valence-electron chi connectivity index (χ1n) is 5.50. The fraction of sp³-hybridized carbons (Fsp3) is 0.636. The molecule has 0 N–H and O–H groups in total. The van der Waals surface area contributed by atoms with E-state index in [2.05, 4.69) is 17.1 Å². The Labute approximate surface area is 105 Å². The first-order valence-corrected chi connectivity index (χ1v) is 6.26. The van der Waals surface area contributed by atoms with E-state index in [4.69, 9.17) is 27.9 Å². The van der Waals surface area contributed by atoms with Gasteiger partial charge in [-0.25, -0.2) is 0 Å². The van der Waals surface area contributed by atoms with Crippen molar-refractivity contribution in [2.45, 2.75) is 38.7 Å². The molecule has 0 bridgehead atoms. The summed E-state index contributed by atoms with van der Waals surface area (Å²) in [5, 5.41) is 7.96. The van der Waals surface area contributed by atoms with Crippen LogP contribution in [0.4, 0.5) is 0 Å². The fourth-order valence-electron chi connectivity index (χ4n) is 1.95. The molecule has 1 fully saturated rings. The Morgan fingerprint density at radius 2 is 1.88 bits per heavy atom. The van der Waals surface area contributed by atoms with Gasteiger partial charge in [0.05, 0.1) is 6.10 Å². The molecule has 1 heterocycles. The lowest BCUT2D eigenvalue weighted by Gasteiger charge is -2.26. The maximum Gasteiger partial charge on any atom is 0.193 e. The summed E-state index contributed by atoms with van der Waals surface area (Å²) in [5.74, 6) is 1.34. The Hall–Kier alpha value is -0.540. The fourth-order valence-corrected chi connectivity index (χ4v) is 2.22. The molecular weight excluding hydrogens is 247 g/mol. The van der Waals surface area contributed by atoms with Crippen LogP contribution in [0.25, 0.3) is 0 Å². The van der Waals surface area contributed by atoms with Crippen LogP contribution in [0.1, 0.15) is 32.6 Å². The minimum Gasteiger partial charge on any atom is -0.487 e. The lowest BCUT2D eigenvalue weighted by molar-refractivity contribution is 0.135. The van der Waals surface area contributed by atoms with Gasteiger partial charge in [-0.3, -0.25) is 0 Å². The summed E-state index contributed by atoms with van der Waals surface area (Å²) in [7, 11) is 0. The maximum atomic E-state index is 5.89. The average molecular weight is 261 g/mol. The molecule has 0 aromatic carbocycles. The Morgan fingerprint density at radius 3 is 2.56 bits per heavy atom. The Bertz CT molecular complexity index is 365. The van der Waals surface area contributed by atoms with E-state index in [1.807, 2.05) is 0 Å². The molecule has 0 radical (unpaired) electrons. The van der Waals surface area contributed by atoms with E-state index in [0.717, 1.165) is 18.8 Å². The molecule has 1 aromatic heterocycles. The van der Waals surface area contributed by atoms with Gasteiger partial charge in [-0.15, -0.1) is 10.2 Å². The summed E-state index contributed by atoms with van der Waals surface area (Å²) in [5.41, 5.74) is 0. The highest BCUT2D eigenvalue weighted by Crippen LogP contribution is 2.30. The molecule has 1 aromatic rings. The van der Waals surface area contributed by atoms with Gasteiger partial charge in [0, 0.05) is 6.07 Å². The monoisotopic (exact) mass is 260 g/mol. The maximum absolute atomic E-state index is 5.89. The number of hydrogen-bond donors (Lipinski definition) is 0. The number of rotatable bonds is 2. The first kappa shape index (κ1) is 11.9. The standard InChI is InChI=1S/C11H14Cl2N2O/c1-7-2-4-8(5-3-7)16-9-6-10(12)14-15-11(9)13/h6-8H,2-5H2,1H3. The number of nitrogens with zero attached hydrogens (tertiary/aromatic N) is 2. The van der Waals surface area contributed by atoms with Crippen molar-refractivity contribution < 1.29 is 4.74 Å². The average Bonchev–Trinajstić information content (AvgIpc) is 2.27. The third-order valence-corrected chi connectivity index (χ3v) is 3.39. The highest BCUT2D eigenvalue weighted by molar-refractivity contribution is 6.32. The second kappa shape index (κ2) is 5.19. The van der Waals surface area contributed by atoms with Crippen LogP contribution in [-0.4, -0.2) is 16.3 Å². The van der Waals surface area contributed by atoms with Crippen LogP contribution in [0, 0.1) is 5.92 Å². The molecule has 1 saturated carbocycles. The number of aromatic nitrogens is 2. The Kier molecular flexibility index (Phi) is 3.87. The van der Waals surface area contributed by atoms with Gasteiger partial charge in [0.15, 0.2) is 16.1 Å². The van der Waals surface area contributed by atoms with Crippen LogP contribution in [0.15, 0.2) is 6.07 Å². The third-order valence-electron chi connectivity index (χ3n) is 2.94. The van der Waals surface area contributed by atoms with E-state index in [1.54, 1.807) is 6.07 Å². The molecular formula is C11H14Cl2N2O. The third kappa shape index (κ3) is 2.98. The highest BCUT2D eigenvalue weighted by atomic mass is 35.5. The second-order valence-corrected chi connectivity index (χ2v) is 5.07. The molecule has 0 unspecified atom stereocenters. The summed E-state index contributed by atoms with van der Waals surface area (Å²) in [6.07, 6.45) is 4.77. The second-order valence-electron chi connectivity index (χ2n) is 4.32. The lowest BCUT2D eigenvalue weighted by atomic mass is 9.89. The van der Waals surface area contributed by atoms with Crippen molar-refractivity contribution in [3.8, 4) is 5.75 Å². The number of ether oxygens (including phenoxy) is 1. The summed E-state index contributed by atoms with van der Waals surface area (Å²) in [4.78, 5) is 0. The zero-order valence-electron chi connectivity index (χ0n) is 9.12. The van der Waals surface area contributed by atoms with E-state index < -0.39 is 0 Å². The molecule has 0 saturated heterocycles. The van der Waals surface area contributed by atoms with Crippen molar-refractivity contribution in [1.29, 1.82) is 0 Å². The zero-order valence-corrected chi connectivity index (χ0v) is 10.6. The molecule has 1 aliphatic rings. The van der Waals surface area contributed by atoms with E-state index in [-0.39, 0.29) is 11.3 Å².